The molecule has 18 heavy (non-hydrogen) atoms. The molecule has 0 atom stereocenters. The number of benzene rings is 1. The summed E-state index contributed by atoms with van der Waals surface area (Å²) in [5.74, 6) is 0.877. The van der Waals surface area contributed by atoms with Crippen molar-refractivity contribution in [1.82, 2.24) is 9.97 Å². The molecule has 0 aliphatic carbocycles. The topological polar surface area (TPSA) is 81.0 Å². The molecule has 0 aliphatic rings. The first-order valence-corrected chi connectivity index (χ1v) is 5.69. The van der Waals surface area contributed by atoms with Crippen molar-refractivity contribution in [2.75, 3.05) is 12.3 Å². The molecule has 0 bridgehead atoms. The number of ether oxygens (including phenoxy) is 1. The summed E-state index contributed by atoms with van der Waals surface area (Å²) >= 11 is 0. The van der Waals surface area contributed by atoms with Crippen LogP contribution in [0.3, 0.4) is 0 Å². The lowest BCUT2D eigenvalue weighted by molar-refractivity contribution is 0.308. The first-order valence-electron chi connectivity index (χ1n) is 5.69. The number of nitrogens with one attached hydrogen (secondary N) is 1. The van der Waals surface area contributed by atoms with Crippen LogP contribution in [0.15, 0.2) is 35.1 Å². The largest absolute Gasteiger partial charge is 0.477 e. The van der Waals surface area contributed by atoms with Crippen molar-refractivity contribution < 1.29 is 4.74 Å². The molecule has 1 aromatic heterocycles. The summed E-state index contributed by atoms with van der Waals surface area (Å²) in [7, 11) is 0. The molecule has 0 unspecified atom stereocenters. The van der Waals surface area contributed by atoms with Crippen molar-refractivity contribution in [3.05, 3.63) is 52.1 Å². The molecule has 0 spiro atoms. The van der Waals surface area contributed by atoms with Crippen LogP contribution in [0.5, 0.6) is 5.88 Å². The van der Waals surface area contributed by atoms with E-state index in [0.717, 1.165) is 11.3 Å². The Kier molecular flexibility index (Phi) is 3.62. The number of hydrogen-bond acceptors (Lipinski definition) is 4. The fourth-order valence-corrected chi connectivity index (χ4v) is 1.65. The average molecular weight is 245 g/mol. The number of para-hydroxylation sites is 1. The van der Waals surface area contributed by atoms with Gasteiger partial charge in [0.2, 0.25) is 5.88 Å². The van der Waals surface area contributed by atoms with Crippen LogP contribution in [-0.4, -0.2) is 16.6 Å². The lowest BCUT2D eigenvalue weighted by atomic mass is 10.1. The highest BCUT2D eigenvalue weighted by molar-refractivity contribution is 5.46. The van der Waals surface area contributed by atoms with E-state index >= 15 is 0 Å². The van der Waals surface area contributed by atoms with Crippen LogP contribution in [0.25, 0.3) is 0 Å². The van der Waals surface area contributed by atoms with Gasteiger partial charge in [0.1, 0.15) is 5.82 Å². The summed E-state index contributed by atoms with van der Waals surface area (Å²) in [5, 5.41) is 0. The molecule has 94 valence electrons. The molecule has 0 amide bonds. The lowest BCUT2D eigenvalue weighted by Gasteiger charge is -2.07. The minimum Gasteiger partial charge on any atom is -0.477 e. The van der Waals surface area contributed by atoms with Crippen molar-refractivity contribution in [2.45, 2.75) is 13.3 Å². The smallest absolute Gasteiger partial charge is 0.254 e. The zero-order chi connectivity index (χ0) is 13.0. The van der Waals surface area contributed by atoms with E-state index in [2.05, 4.69) is 9.97 Å². The van der Waals surface area contributed by atoms with Crippen LogP contribution in [0.2, 0.25) is 0 Å². The molecule has 0 aliphatic heterocycles. The van der Waals surface area contributed by atoms with Gasteiger partial charge in [-0.25, -0.2) is 4.98 Å². The number of aromatic amines is 1. The SMILES string of the molecule is Cc1nc(OCCc2ccccc2N)cc(=O)[nH]1. The van der Waals surface area contributed by atoms with Crippen LogP contribution in [-0.2, 0) is 6.42 Å². The van der Waals surface area contributed by atoms with E-state index in [1.807, 2.05) is 24.3 Å². The van der Waals surface area contributed by atoms with Gasteiger partial charge < -0.3 is 15.5 Å². The molecule has 0 fully saturated rings. The predicted molar refractivity (Wildman–Crippen MR) is 69.6 cm³/mol. The standard InChI is InChI=1S/C13H15N3O2/c1-9-15-12(17)8-13(16-9)18-7-6-10-4-2-3-5-11(10)14/h2-5,8H,6-7,14H2,1H3,(H,15,16,17). The first-order chi connectivity index (χ1) is 8.65. The van der Waals surface area contributed by atoms with E-state index in [1.165, 1.54) is 6.07 Å². The van der Waals surface area contributed by atoms with E-state index in [4.69, 9.17) is 10.5 Å². The highest BCUT2D eigenvalue weighted by Gasteiger charge is 2.01. The van der Waals surface area contributed by atoms with Crippen molar-refractivity contribution in [3.63, 3.8) is 0 Å². The molecule has 0 saturated heterocycles. The lowest BCUT2D eigenvalue weighted by Crippen LogP contribution is -2.11. The van der Waals surface area contributed by atoms with E-state index in [1.54, 1.807) is 6.92 Å². The Morgan fingerprint density at radius 1 is 1.39 bits per heavy atom. The molecular formula is C13H15N3O2. The van der Waals surface area contributed by atoms with Gasteiger partial charge in [-0.15, -0.1) is 0 Å². The van der Waals surface area contributed by atoms with Gasteiger partial charge in [-0.3, -0.25) is 4.79 Å². The fraction of sp³-hybridized carbons (Fsp3) is 0.231. The quantitative estimate of drug-likeness (QED) is 0.795. The molecule has 0 radical (unpaired) electrons. The van der Waals surface area contributed by atoms with Gasteiger partial charge in [-0.05, 0) is 18.6 Å². The van der Waals surface area contributed by atoms with Crippen molar-refractivity contribution in [2.24, 2.45) is 0 Å². The second-order valence-corrected chi connectivity index (χ2v) is 3.97. The number of rotatable bonds is 4. The molecule has 5 nitrogen and oxygen atoms in total. The molecule has 5 heteroatoms. The number of hydrogen-bond donors (Lipinski definition) is 2. The average Bonchev–Trinajstić information content (AvgIpc) is 2.30. The Hall–Kier alpha value is -2.30. The van der Waals surface area contributed by atoms with E-state index in [-0.39, 0.29) is 5.56 Å². The Bertz CT molecular complexity index is 593. The summed E-state index contributed by atoms with van der Waals surface area (Å²) in [5.41, 5.74) is 7.38. The number of nitrogens with zero attached hydrogens (tertiary/aromatic N) is 1. The zero-order valence-electron chi connectivity index (χ0n) is 10.1. The minimum absolute atomic E-state index is 0.211. The second kappa shape index (κ2) is 5.35. The van der Waals surface area contributed by atoms with Crippen LogP contribution in [0.4, 0.5) is 5.69 Å². The van der Waals surface area contributed by atoms with E-state index in [0.29, 0.717) is 24.7 Å². The summed E-state index contributed by atoms with van der Waals surface area (Å²) in [6, 6.07) is 8.96. The highest BCUT2D eigenvalue weighted by atomic mass is 16.5. The Morgan fingerprint density at radius 2 is 2.17 bits per heavy atom. The minimum atomic E-state index is -0.211. The third kappa shape index (κ3) is 3.10. The first kappa shape index (κ1) is 12.2. The van der Waals surface area contributed by atoms with Gasteiger partial charge in [-0.2, -0.15) is 0 Å². The second-order valence-electron chi connectivity index (χ2n) is 3.97. The van der Waals surface area contributed by atoms with E-state index in [9.17, 15) is 4.79 Å². The Morgan fingerprint density at radius 3 is 2.89 bits per heavy atom. The third-order valence-electron chi connectivity index (χ3n) is 2.51. The maximum Gasteiger partial charge on any atom is 0.254 e. The van der Waals surface area contributed by atoms with Crippen LogP contribution in [0, 0.1) is 6.92 Å². The Balaban J connectivity index is 1.96. The molecule has 0 saturated carbocycles. The van der Waals surface area contributed by atoms with Crippen LogP contribution < -0.4 is 16.0 Å². The molecule has 1 aromatic carbocycles. The number of H-pyrrole nitrogens is 1. The van der Waals surface area contributed by atoms with Gasteiger partial charge in [-0.1, -0.05) is 18.2 Å². The van der Waals surface area contributed by atoms with E-state index < -0.39 is 0 Å². The Labute approximate surface area is 105 Å². The van der Waals surface area contributed by atoms with Gasteiger partial charge in [0.25, 0.3) is 5.56 Å². The molecule has 2 rings (SSSR count). The number of nitrogen functional groups attached to an aromatic ring is 1. The predicted octanol–water partition coefficient (Wildman–Crippen LogP) is 1.28. The monoisotopic (exact) mass is 245 g/mol. The number of aryl methyl sites for hydroxylation is 1. The molecular weight excluding hydrogens is 230 g/mol. The van der Waals surface area contributed by atoms with Crippen molar-refractivity contribution in [1.29, 1.82) is 0 Å². The molecule has 3 N–H and O–H groups in total. The molecule has 2 aromatic rings. The number of anilines is 1. The van der Waals surface area contributed by atoms with Gasteiger partial charge in [0, 0.05) is 12.1 Å². The highest BCUT2D eigenvalue weighted by Crippen LogP contribution is 2.11. The maximum atomic E-state index is 11.2. The maximum absolute atomic E-state index is 11.2. The summed E-state index contributed by atoms with van der Waals surface area (Å²) in [4.78, 5) is 17.8. The summed E-state index contributed by atoms with van der Waals surface area (Å²) in [6.07, 6.45) is 0.681. The molecule has 1 heterocycles. The van der Waals surface area contributed by atoms with Gasteiger partial charge >= 0.3 is 0 Å². The van der Waals surface area contributed by atoms with Crippen LogP contribution in [0.1, 0.15) is 11.4 Å². The number of aromatic nitrogens is 2. The van der Waals surface area contributed by atoms with Crippen molar-refractivity contribution in [3.8, 4) is 5.88 Å². The fourth-order valence-electron chi connectivity index (χ4n) is 1.65. The summed E-state index contributed by atoms with van der Waals surface area (Å²) < 4.78 is 5.44. The van der Waals surface area contributed by atoms with Crippen molar-refractivity contribution >= 4 is 5.69 Å². The van der Waals surface area contributed by atoms with Crippen LogP contribution >= 0.6 is 0 Å². The van der Waals surface area contributed by atoms with Gasteiger partial charge in [0.05, 0.1) is 12.7 Å². The van der Waals surface area contributed by atoms with Gasteiger partial charge in [0.15, 0.2) is 0 Å². The third-order valence-corrected chi connectivity index (χ3v) is 2.51. The number of nitrogens with two attached hydrogens (primary N) is 1. The zero-order valence-corrected chi connectivity index (χ0v) is 10.1. The summed E-state index contributed by atoms with van der Waals surface area (Å²) in [6.45, 7) is 2.15. The normalized spacial score (nSPS) is 10.3.